The van der Waals surface area contributed by atoms with Crippen LogP contribution < -0.4 is 10.6 Å². The van der Waals surface area contributed by atoms with Gasteiger partial charge in [-0.2, -0.15) is 10.2 Å². The molecule has 1 saturated heterocycles. The summed E-state index contributed by atoms with van der Waals surface area (Å²) in [5.74, 6) is -2.96. The molecular formula is C82H106ClF2N11O14. The van der Waals surface area contributed by atoms with Gasteiger partial charge in [-0.25, -0.2) is 23.2 Å². The second-order valence-electron chi connectivity index (χ2n) is 27.8. The molecule has 110 heavy (non-hydrogen) atoms. The molecule has 0 aliphatic carbocycles. The maximum absolute atomic E-state index is 13.5. The minimum Gasteiger partial charge on any atom is -0.479 e. The average Bonchev–Trinajstić information content (AvgIpc) is 1.59. The number of aliphatic hydroxyl groups is 3. The lowest BCUT2D eigenvalue weighted by Gasteiger charge is -2.34. The van der Waals surface area contributed by atoms with Crippen LogP contribution in [0.5, 0.6) is 0 Å². The molecular weight excluding hydrogens is 1440 g/mol. The number of benzene rings is 6. The zero-order valence-corrected chi connectivity index (χ0v) is 64.9. The van der Waals surface area contributed by atoms with E-state index < -0.39 is 76.4 Å². The molecule has 6 aromatic carbocycles. The molecule has 0 spiro atoms. The molecule has 11 rings (SSSR count). The smallest absolute Gasteiger partial charge is 0.436 e. The van der Waals surface area contributed by atoms with Crippen molar-refractivity contribution in [3.8, 4) is 0 Å². The van der Waals surface area contributed by atoms with E-state index in [-0.39, 0.29) is 62.6 Å². The van der Waals surface area contributed by atoms with Crippen molar-refractivity contribution in [1.82, 2.24) is 44.5 Å². The van der Waals surface area contributed by atoms with Gasteiger partial charge < -0.3 is 60.0 Å². The molecule has 3 aliphatic rings. The molecule has 7 N–H and O–H groups in total. The zero-order valence-electron chi connectivity index (χ0n) is 64.2. The molecule has 5 heterocycles. The van der Waals surface area contributed by atoms with Crippen LogP contribution in [0.4, 0.5) is 34.8 Å². The number of amides is 5. The van der Waals surface area contributed by atoms with Crippen LogP contribution >= 0.6 is 11.6 Å². The number of carbonyl (C=O) groups is 7. The molecule has 594 valence electrons. The number of likely N-dealkylation sites (N-methyl/N-ethyl adjacent to an activating group) is 3. The third-order valence-corrected chi connectivity index (χ3v) is 18.7. The molecule has 0 saturated carbocycles. The highest BCUT2D eigenvalue weighted by molar-refractivity contribution is 6.62. The van der Waals surface area contributed by atoms with Gasteiger partial charge in [-0.1, -0.05) is 129 Å². The van der Waals surface area contributed by atoms with Gasteiger partial charge in [-0.15, -0.1) is 4.68 Å². The first kappa shape index (κ1) is 90.4. The summed E-state index contributed by atoms with van der Waals surface area (Å²) >= 11 is 5.67. The van der Waals surface area contributed by atoms with Crippen LogP contribution in [-0.4, -0.2) is 178 Å². The van der Waals surface area contributed by atoms with Crippen LogP contribution in [0.3, 0.4) is 0 Å². The number of nitrogens with zero attached hydrogens (tertiary/aromatic N) is 8. The predicted octanol–water partition coefficient (Wildman–Crippen LogP) is 14.6. The molecule has 3 aliphatic heterocycles. The number of H-pyrrole nitrogens is 1. The van der Waals surface area contributed by atoms with E-state index in [2.05, 4.69) is 63.4 Å². The van der Waals surface area contributed by atoms with Gasteiger partial charge in [-0.3, -0.25) is 34.1 Å². The second-order valence-corrected chi connectivity index (χ2v) is 28.1. The molecule has 4 atom stereocenters. The summed E-state index contributed by atoms with van der Waals surface area (Å²) < 4.78 is 43.3. The van der Waals surface area contributed by atoms with Crippen molar-refractivity contribution in [2.75, 3.05) is 64.7 Å². The molecule has 0 radical (unpaired) electrons. The number of aliphatic carboxylic acids is 1. The fraction of sp³-hybridized carbons (Fsp3) is 0.402. The summed E-state index contributed by atoms with van der Waals surface area (Å²) in [5, 5.41) is 53.3. The van der Waals surface area contributed by atoms with Crippen LogP contribution in [0.1, 0.15) is 186 Å². The van der Waals surface area contributed by atoms with Crippen molar-refractivity contribution in [3.63, 3.8) is 0 Å². The van der Waals surface area contributed by atoms with Gasteiger partial charge in [0, 0.05) is 73.7 Å². The Bertz CT molecular complexity index is 4220. The number of carboxylic acid groups (broad SMARTS) is 1. The Morgan fingerprint density at radius 3 is 1.47 bits per heavy atom. The number of aromatic nitrogens is 4. The maximum Gasteiger partial charge on any atom is 0.436 e. The van der Waals surface area contributed by atoms with Crippen molar-refractivity contribution < 1.29 is 77.0 Å². The number of carboxylic acids is 1. The Morgan fingerprint density at radius 1 is 0.591 bits per heavy atom. The standard InChI is InChI=1S/C27H32FN5O3.C18H18ClFN4O4.C12H17NO2.C12H19NO.C8H8O3.C4H8O.CH4/c1-17(2)32(5)16-22(18-9-7-6-8-10-18)36-26(35)33-15-21-23(27(33,3)4)30-31-24(21)29-25(34)19-11-13-20(28)14-12-19;1-4-28-17(27)24-14(21-15(25)10-5-7-11(20)8-6-10)12-9-23(16(19)26)18(2,3)13(12)22-24;1-9(2)13(3)12(15)11(14)10-7-5-4-6-8-10;1-10(2)13(3)9-12(14)11-7-5-4-6-8-11;9-7(8(10)11)6-4-2-1-3-5-6;1-2-4-5-3-1;/h6-14,17,22H,15-16H2,1-5H3,(H2,29,30,31,34);5-8H,4,9H2,1-3H3,(H,21,25);4-9,11,14H,1-3H3;4-8,10,12,14H,9H2,1-3H3;1-5,7,9H,(H,10,11);1-4H2;1H4/t22-;;11-;12-;7-;;/m1.010../s1. The highest BCUT2D eigenvalue weighted by atomic mass is 35.5. The number of aromatic amines is 1. The first-order valence-corrected chi connectivity index (χ1v) is 36.2. The summed E-state index contributed by atoms with van der Waals surface area (Å²) in [5.41, 5.74) is 4.15. The fourth-order valence-electron chi connectivity index (χ4n) is 11.1. The third-order valence-electron chi connectivity index (χ3n) is 18.5. The van der Waals surface area contributed by atoms with Gasteiger partial charge in [-0.05, 0) is 185 Å². The topological polar surface area (TPSA) is 315 Å². The first-order valence-electron chi connectivity index (χ1n) is 35.8. The third kappa shape index (κ3) is 25.1. The number of anilines is 2. The van der Waals surface area contributed by atoms with Crippen LogP contribution in [0.2, 0.25) is 0 Å². The van der Waals surface area contributed by atoms with Gasteiger partial charge >= 0.3 is 23.5 Å². The van der Waals surface area contributed by atoms with Crippen molar-refractivity contribution in [2.45, 2.75) is 163 Å². The summed E-state index contributed by atoms with van der Waals surface area (Å²) in [6.07, 6.45) is -1.97. The van der Waals surface area contributed by atoms with E-state index in [1.165, 1.54) is 59.0 Å². The van der Waals surface area contributed by atoms with E-state index in [1.807, 2.05) is 109 Å². The monoisotopic (exact) mass is 1540 g/mol. The fourth-order valence-corrected chi connectivity index (χ4v) is 11.4. The lowest BCUT2D eigenvalue weighted by Crippen LogP contribution is -2.42. The van der Waals surface area contributed by atoms with Gasteiger partial charge in [0.2, 0.25) is 0 Å². The van der Waals surface area contributed by atoms with E-state index in [1.54, 1.807) is 87.3 Å². The number of carbonyl (C=O) groups excluding carboxylic acids is 6. The lowest BCUT2D eigenvalue weighted by atomic mass is 10.0. The van der Waals surface area contributed by atoms with E-state index in [0.717, 1.165) is 46.8 Å². The number of aliphatic hydroxyl groups excluding tert-OH is 3. The van der Waals surface area contributed by atoms with Gasteiger partial charge in [0.25, 0.3) is 17.7 Å². The molecule has 25 nitrogen and oxygen atoms in total. The first-order chi connectivity index (χ1) is 51.6. The number of ether oxygens (including phenoxy) is 3. The largest absolute Gasteiger partial charge is 0.479 e. The van der Waals surface area contributed by atoms with Crippen molar-refractivity contribution in [2.24, 2.45) is 0 Å². The van der Waals surface area contributed by atoms with Crippen LogP contribution in [0.25, 0.3) is 0 Å². The highest BCUT2D eigenvalue weighted by Gasteiger charge is 2.47. The van der Waals surface area contributed by atoms with Gasteiger partial charge in [0.15, 0.2) is 18.0 Å². The van der Waals surface area contributed by atoms with Crippen LogP contribution in [0.15, 0.2) is 170 Å². The Kier molecular flexibility index (Phi) is 35.0. The molecule has 0 unspecified atom stereocenters. The zero-order chi connectivity index (χ0) is 80.4. The number of nitrogens with one attached hydrogen (secondary N) is 3. The maximum atomic E-state index is 13.5. The molecule has 2 aromatic heterocycles. The summed E-state index contributed by atoms with van der Waals surface area (Å²) in [4.78, 5) is 93.7. The van der Waals surface area contributed by atoms with Crippen molar-refractivity contribution in [3.05, 3.63) is 237 Å². The SMILES string of the molecule is C.C1CCOC1.CC(C)N(C)C(=O)[C@@H](O)c1ccccc1.CC(C)N(C)C[C@@H](O)c1ccccc1.CC(C)N(C)C[C@@H](OC(=O)N1Cc2c(NC(=O)c3ccc(F)cc3)n[nH]c2C1(C)C)c1ccccc1.CCOC(=O)n1nc2c(c1NC(=O)c1ccc(F)cc1)CN(C(=O)Cl)C2(C)C.O=C(O)[C@@H](O)c1ccccc1. The van der Waals surface area contributed by atoms with Crippen molar-refractivity contribution >= 4 is 64.5 Å². The Hall–Kier alpha value is -10.3. The van der Waals surface area contributed by atoms with E-state index in [9.17, 15) is 52.6 Å². The number of halogens is 3. The normalized spacial score (nSPS) is 14.4. The van der Waals surface area contributed by atoms with Gasteiger partial charge in [0.05, 0.1) is 48.3 Å². The highest BCUT2D eigenvalue weighted by Crippen LogP contribution is 2.44. The molecule has 1 fully saturated rings. The summed E-state index contributed by atoms with van der Waals surface area (Å²) in [6.45, 7) is 24.8. The van der Waals surface area contributed by atoms with E-state index in [4.69, 9.17) is 36.0 Å². The quantitative estimate of drug-likeness (QED) is 0.0292. The average molecular weight is 1540 g/mol. The summed E-state index contributed by atoms with van der Waals surface area (Å²) in [6, 6.07) is 47.7. The second kappa shape index (κ2) is 42.6. The van der Waals surface area contributed by atoms with Crippen LogP contribution in [-0.2, 0) is 48.0 Å². The lowest BCUT2D eigenvalue weighted by molar-refractivity contribution is -0.147. The van der Waals surface area contributed by atoms with Gasteiger partial charge in [0.1, 0.15) is 23.6 Å². The van der Waals surface area contributed by atoms with Crippen molar-refractivity contribution in [1.29, 1.82) is 0 Å². The predicted molar refractivity (Wildman–Crippen MR) is 418 cm³/mol. The Morgan fingerprint density at radius 2 is 1.04 bits per heavy atom. The Balaban J connectivity index is 0.000000258. The molecule has 28 heteroatoms. The number of rotatable bonds is 19. The molecule has 0 bridgehead atoms. The number of hydrogen-bond acceptors (Lipinski definition) is 17. The molecule has 5 amide bonds. The number of hydrogen-bond donors (Lipinski definition) is 7. The van der Waals surface area contributed by atoms with E-state index in [0.29, 0.717) is 58.5 Å². The minimum atomic E-state index is -1.41. The van der Waals surface area contributed by atoms with Crippen LogP contribution in [0, 0.1) is 11.6 Å². The van der Waals surface area contributed by atoms with E-state index >= 15 is 0 Å². The number of fused-ring (bicyclic) bond motifs is 2. The minimum absolute atomic E-state index is 0. The molecule has 8 aromatic rings. The Labute approximate surface area is 648 Å². The summed E-state index contributed by atoms with van der Waals surface area (Å²) in [7, 11) is 5.72.